The molecule has 0 spiro atoms. The summed E-state index contributed by atoms with van der Waals surface area (Å²) in [6.07, 6.45) is 3.58. The van der Waals surface area contributed by atoms with Crippen molar-refractivity contribution in [2.45, 2.75) is 6.04 Å². The van der Waals surface area contributed by atoms with Gasteiger partial charge in [-0.3, -0.25) is 4.98 Å². The van der Waals surface area contributed by atoms with E-state index >= 15 is 0 Å². The van der Waals surface area contributed by atoms with Crippen LogP contribution in [-0.4, -0.2) is 54.5 Å². The lowest BCUT2D eigenvalue weighted by Crippen LogP contribution is -2.34. The van der Waals surface area contributed by atoms with E-state index in [1.54, 1.807) is 11.1 Å². The Kier molecular flexibility index (Phi) is 3.58. The molecule has 2 amide bonds. The number of likely N-dealkylation sites (N-methyl/N-ethyl adjacent to an activating group) is 2. The SMILES string of the molecule is CNCCN1CC(c2cccnc2)N(C)C1=O. The van der Waals surface area contributed by atoms with Crippen molar-refractivity contribution in [3.8, 4) is 0 Å². The van der Waals surface area contributed by atoms with Crippen LogP contribution in [0.4, 0.5) is 4.79 Å². The Morgan fingerprint density at radius 3 is 3.06 bits per heavy atom. The Hall–Kier alpha value is -1.62. The Labute approximate surface area is 101 Å². The Morgan fingerprint density at radius 2 is 2.41 bits per heavy atom. The average molecular weight is 234 g/mol. The topological polar surface area (TPSA) is 48.5 Å². The van der Waals surface area contributed by atoms with E-state index in [9.17, 15) is 4.79 Å². The summed E-state index contributed by atoms with van der Waals surface area (Å²) in [7, 11) is 3.74. The molecule has 1 N–H and O–H groups in total. The van der Waals surface area contributed by atoms with Gasteiger partial charge in [0.15, 0.2) is 0 Å². The molecule has 0 saturated carbocycles. The van der Waals surface area contributed by atoms with Gasteiger partial charge in [0.1, 0.15) is 0 Å². The summed E-state index contributed by atoms with van der Waals surface area (Å²) in [4.78, 5) is 19.8. The fraction of sp³-hybridized carbons (Fsp3) is 0.500. The van der Waals surface area contributed by atoms with Crippen LogP contribution in [0.1, 0.15) is 11.6 Å². The van der Waals surface area contributed by atoms with Crippen molar-refractivity contribution in [3.05, 3.63) is 30.1 Å². The first kappa shape index (κ1) is 11.9. The van der Waals surface area contributed by atoms with Gasteiger partial charge in [-0.25, -0.2) is 4.79 Å². The van der Waals surface area contributed by atoms with Crippen LogP contribution < -0.4 is 5.32 Å². The largest absolute Gasteiger partial charge is 0.321 e. The van der Waals surface area contributed by atoms with Crippen LogP contribution in [0.2, 0.25) is 0 Å². The normalized spacial score (nSPS) is 20.1. The van der Waals surface area contributed by atoms with Gasteiger partial charge in [-0.2, -0.15) is 0 Å². The number of pyridine rings is 1. The predicted molar refractivity (Wildman–Crippen MR) is 65.6 cm³/mol. The molecule has 1 aromatic heterocycles. The molecule has 1 saturated heterocycles. The summed E-state index contributed by atoms with van der Waals surface area (Å²) in [6, 6.07) is 4.13. The van der Waals surface area contributed by atoms with E-state index in [4.69, 9.17) is 0 Å². The fourth-order valence-corrected chi connectivity index (χ4v) is 2.10. The highest BCUT2D eigenvalue weighted by atomic mass is 16.2. The molecule has 5 nitrogen and oxygen atoms in total. The van der Waals surface area contributed by atoms with Crippen molar-refractivity contribution in [1.82, 2.24) is 20.1 Å². The van der Waals surface area contributed by atoms with E-state index in [0.29, 0.717) is 0 Å². The number of carbonyl (C=O) groups is 1. The number of hydrogen-bond donors (Lipinski definition) is 1. The highest BCUT2D eigenvalue weighted by molar-refractivity contribution is 5.77. The smallest absolute Gasteiger partial charge is 0.320 e. The number of aromatic nitrogens is 1. The first-order chi connectivity index (χ1) is 8.24. The molecule has 0 aromatic carbocycles. The standard InChI is InChI=1S/C12H18N4O/c1-13-6-7-16-9-11(15(2)12(16)17)10-4-3-5-14-8-10/h3-5,8,11,13H,6-7,9H2,1-2H3. The van der Waals surface area contributed by atoms with E-state index in [0.717, 1.165) is 25.2 Å². The molecule has 2 rings (SSSR count). The molecule has 0 bridgehead atoms. The molecule has 0 aliphatic carbocycles. The zero-order chi connectivity index (χ0) is 12.3. The molecule has 2 heterocycles. The lowest BCUT2D eigenvalue weighted by Gasteiger charge is -2.17. The molecule has 1 aliphatic heterocycles. The van der Waals surface area contributed by atoms with E-state index in [1.165, 1.54) is 0 Å². The number of carbonyl (C=O) groups excluding carboxylic acids is 1. The summed E-state index contributed by atoms with van der Waals surface area (Å²) in [5.74, 6) is 0. The molecule has 17 heavy (non-hydrogen) atoms. The van der Waals surface area contributed by atoms with Crippen LogP contribution in [0.25, 0.3) is 0 Å². The van der Waals surface area contributed by atoms with Crippen molar-refractivity contribution >= 4 is 6.03 Å². The number of urea groups is 1. The molecule has 1 aliphatic rings. The number of nitrogens with zero attached hydrogens (tertiary/aromatic N) is 3. The van der Waals surface area contributed by atoms with Gasteiger partial charge >= 0.3 is 6.03 Å². The van der Waals surface area contributed by atoms with Crippen LogP contribution >= 0.6 is 0 Å². The van der Waals surface area contributed by atoms with Crippen molar-refractivity contribution in [3.63, 3.8) is 0 Å². The van der Waals surface area contributed by atoms with Gasteiger partial charge in [0, 0.05) is 39.1 Å². The third kappa shape index (κ3) is 2.39. The molecule has 0 radical (unpaired) electrons. The second kappa shape index (κ2) is 5.14. The molecular weight excluding hydrogens is 216 g/mol. The number of rotatable bonds is 4. The van der Waals surface area contributed by atoms with Crippen LogP contribution in [0.3, 0.4) is 0 Å². The molecule has 5 heteroatoms. The minimum atomic E-state index is 0.0918. The van der Waals surface area contributed by atoms with Gasteiger partial charge in [-0.1, -0.05) is 6.07 Å². The first-order valence-corrected chi connectivity index (χ1v) is 5.80. The second-order valence-corrected chi connectivity index (χ2v) is 4.25. The highest BCUT2D eigenvalue weighted by Gasteiger charge is 2.34. The maximum Gasteiger partial charge on any atom is 0.320 e. The number of amides is 2. The van der Waals surface area contributed by atoms with Gasteiger partial charge in [-0.05, 0) is 18.7 Å². The predicted octanol–water partition coefficient (Wildman–Crippen LogP) is 0.709. The minimum Gasteiger partial charge on any atom is -0.321 e. The van der Waals surface area contributed by atoms with E-state index in [2.05, 4.69) is 10.3 Å². The Balaban J connectivity index is 2.09. The maximum absolute atomic E-state index is 12.0. The first-order valence-electron chi connectivity index (χ1n) is 5.80. The Bertz CT molecular complexity index is 381. The van der Waals surface area contributed by atoms with Crippen LogP contribution in [0.15, 0.2) is 24.5 Å². The van der Waals surface area contributed by atoms with Crippen molar-refractivity contribution < 1.29 is 4.79 Å². The summed E-state index contributed by atoms with van der Waals surface area (Å²) in [5, 5.41) is 3.06. The third-order valence-electron chi connectivity index (χ3n) is 3.13. The van der Waals surface area contributed by atoms with Gasteiger partial charge in [0.25, 0.3) is 0 Å². The van der Waals surface area contributed by atoms with E-state index in [1.807, 2.05) is 37.3 Å². The Morgan fingerprint density at radius 1 is 1.59 bits per heavy atom. The van der Waals surface area contributed by atoms with Gasteiger partial charge in [0.2, 0.25) is 0 Å². The number of nitrogens with one attached hydrogen (secondary N) is 1. The minimum absolute atomic E-state index is 0.0918. The van der Waals surface area contributed by atoms with Crippen molar-refractivity contribution in [2.24, 2.45) is 0 Å². The average Bonchev–Trinajstić information content (AvgIpc) is 2.65. The summed E-state index contributed by atoms with van der Waals surface area (Å²) < 4.78 is 0. The number of hydrogen-bond acceptors (Lipinski definition) is 3. The zero-order valence-electron chi connectivity index (χ0n) is 10.3. The lowest BCUT2D eigenvalue weighted by molar-refractivity contribution is 0.196. The van der Waals surface area contributed by atoms with Crippen LogP contribution in [0.5, 0.6) is 0 Å². The van der Waals surface area contributed by atoms with Gasteiger partial charge < -0.3 is 15.1 Å². The van der Waals surface area contributed by atoms with Crippen molar-refractivity contribution in [2.75, 3.05) is 33.7 Å². The summed E-state index contributed by atoms with van der Waals surface area (Å²) in [5.41, 5.74) is 1.09. The van der Waals surface area contributed by atoms with Gasteiger partial charge in [-0.15, -0.1) is 0 Å². The molecule has 1 aromatic rings. The van der Waals surface area contributed by atoms with Crippen LogP contribution in [0, 0.1) is 0 Å². The lowest BCUT2D eigenvalue weighted by atomic mass is 10.1. The molecule has 1 atom stereocenters. The quantitative estimate of drug-likeness (QED) is 0.834. The van der Waals surface area contributed by atoms with E-state index in [-0.39, 0.29) is 12.1 Å². The monoisotopic (exact) mass is 234 g/mol. The molecular formula is C12H18N4O. The fourth-order valence-electron chi connectivity index (χ4n) is 2.10. The third-order valence-corrected chi connectivity index (χ3v) is 3.13. The van der Waals surface area contributed by atoms with Gasteiger partial charge in [0.05, 0.1) is 6.04 Å². The maximum atomic E-state index is 12.0. The molecule has 1 fully saturated rings. The second-order valence-electron chi connectivity index (χ2n) is 4.25. The zero-order valence-corrected chi connectivity index (χ0v) is 10.3. The van der Waals surface area contributed by atoms with E-state index < -0.39 is 0 Å². The molecule has 1 unspecified atom stereocenters. The summed E-state index contributed by atoms with van der Waals surface area (Å²) >= 11 is 0. The van der Waals surface area contributed by atoms with Crippen molar-refractivity contribution in [1.29, 1.82) is 0 Å². The summed E-state index contributed by atoms with van der Waals surface area (Å²) in [6.45, 7) is 2.30. The highest BCUT2D eigenvalue weighted by Crippen LogP contribution is 2.26. The molecule has 92 valence electrons. The van der Waals surface area contributed by atoms with Crippen LogP contribution in [-0.2, 0) is 0 Å².